The van der Waals surface area contributed by atoms with Gasteiger partial charge in [-0.1, -0.05) is 30.3 Å². The summed E-state index contributed by atoms with van der Waals surface area (Å²) in [5.41, 5.74) is 2.47. The highest BCUT2D eigenvalue weighted by Crippen LogP contribution is 2.20. The number of benzene rings is 2. The molecule has 2 N–H and O–H groups in total. The zero-order chi connectivity index (χ0) is 18.6. The lowest BCUT2D eigenvalue weighted by molar-refractivity contribution is 0.627. The summed E-state index contributed by atoms with van der Waals surface area (Å²) in [6, 6.07) is 17.3. The van der Waals surface area contributed by atoms with Gasteiger partial charge in [0.25, 0.3) is 0 Å². The Morgan fingerprint density at radius 2 is 1.81 bits per heavy atom. The van der Waals surface area contributed by atoms with Crippen LogP contribution in [0.15, 0.2) is 77.9 Å². The van der Waals surface area contributed by atoms with E-state index < -0.39 is 0 Å². The maximum absolute atomic E-state index is 13.2. The highest BCUT2D eigenvalue weighted by molar-refractivity contribution is 5.58. The highest BCUT2D eigenvalue weighted by atomic mass is 19.1. The second-order valence-electron chi connectivity index (χ2n) is 5.90. The summed E-state index contributed by atoms with van der Waals surface area (Å²) < 4.78 is 14.7. The Balaban J connectivity index is 1.65. The molecule has 7 heteroatoms. The number of aromatic nitrogens is 4. The van der Waals surface area contributed by atoms with Crippen molar-refractivity contribution in [3.8, 4) is 17.1 Å². The number of imidazole rings is 1. The van der Waals surface area contributed by atoms with Crippen LogP contribution in [0, 0.1) is 5.82 Å². The second kappa shape index (κ2) is 7.25. The zero-order valence-corrected chi connectivity index (χ0v) is 14.3. The molecule has 2 heterocycles. The summed E-state index contributed by atoms with van der Waals surface area (Å²) in [6.45, 7) is 0.586. The first kappa shape index (κ1) is 16.7. The lowest BCUT2D eigenvalue weighted by atomic mass is 10.2. The molecule has 0 aliphatic rings. The van der Waals surface area contributed by atoms with Crippen molar-refractivity contribution in [2.75, 3.05) is 5.32 Å². The fourth-order valence-electron chi connectivity index (χ4n) is 2.77. The van der Waals surface area contributed by atoms with Crippen LogP contribution in [0.3, 0.4) is 0 Å². The first-order valence-corrected chi connectivity index (χ1v) is 8.38. The molecule has 0 aliphatic carbocycles. The van der Waals surface area contributed by atoms with Crippen LogP contribution in [0.4, 0.5) is 10.3 Å². The number of hydrogen-bond donors (Lipinski definition) is 2. The van der Waals surface area contributed by atoms with Crippen LogP contribution in [0.1, 0.15) is 5.56 Å². The van der Waals surface area contributed by atoms with Crippen molar-refractivity contribution in [2.24, 2.45) is 0 Å². The fourth-order valence-corrected chi connectivity index (χ4v) is 2.77. The Morgan fingerprint density at radius 3 is 2.59 bits per heavy atom. The van der Waals surface area contributed by atoms with E-state index in [4.69, 9.17) is 0 Å². The molecule has 0 atom stereocenters. The fraction of sp³-hybridized carbons (Fsp3) is 0.0500. The Hall–Kier alpha value is -3.74. The van der Waals surface area contributed by atoms with Gasteiger partial charge in [-0.15, -0.1) is 0 Å². The molecule has 27 heavy (non-hydrogen) atoms. The number of halogens is 1. The van der Waals surface area contributed by atoms with Crippen LogP contribution >= 0.6 is 0 Å². The van der Waals surface area contributed by atoms with Gasteiger partial charge in [-0.2, -0.15) is 0 Å². The number of anilines is 1. The monoisotopic (exact) mass is 361 g/mol. The lowest BCUT2D eigenvalue weighted by Crippen LogP contribution is -2.16. The summed E-state index contributed by atoms with van der Waals surface area (Å²) in [5, 5.41) is 3.18. The van der Waals surface area contributed by atoms with E-state index in [-0.39, 0.29) is 11.5 Å². The Kier molecular flexibility index (Phi) is 4.49. The van der Waals surface area contributed by atoms with Crippen molar-refractivity contribution in [3.63, 3.8) is 0 Å². The topological polar surface area (TPSA) is 75.6 Å². The van der Waals surface area contributed by atoms with Gasteiger partial charge < -0.3 is 10.3 Å². The molecule has 134 valence electrons. The van der Waals surface area contributed by atoms with Crippen LogP contribution in [-0.2, 0) is 6.54 Å². The number of nitrogens with zero attached hydrogens (tertiary/aromatic N) is 3. The molecule has 0 aliphatic heterocycles. The molecule has 0 unspecified atom stereocenters. The van der Waals surface area contributed by atoms with Crippen molar-refractivity contribution >= 4 is 5.95 Å². The van der Waals surface area contributed by atoms with Crippen molar-refractivity contribution in [2.45, 2.75) is 6.54 Å². The van der Waals surface area contributed by atoms with Gasteiger partial charge in [-0.05, 0) is 35.9 Å². The smallest absolute Gasteiger partial charge is 0.330 e. The van der Waals surface area contributed by atoms with E-state index in [2.05, 4.69) is 20.3 Å². The zero-order valence-electron chi connectivity index (χ0n) is 14.3. The molecule has 6 nitrogen and oxygen atoms in total. The van der Waals surface area contributed by atoms with Crippen molar-refractivity contribution in [3.05, 3.63) is 94.9 Å². The quantitative estimate of drug-likeness (QED) is 0.571. The first-order chi connectivity index (χ1) is 13.2. The van der Waals surface area contributed by atoms with E-state index in [0.29, 0.717) is 29.6 Å². The van der Waals surface area contributed by atoms with Crippen molar-refractivity contribution < 1.29 is 4.39 Å². The molecule has 0 saturated heterocycles. The van der Waals surface area contributed by atoms with Crippen molar-refractivity contribution in [1.29, 1.82) is 0 Å². The van der Waals surface area contributed by atoms with E-state index in [1.807, 2.05) is 30.3 Å². The number of aromatic amines is 1. The lowest BCUT2D eigenvalue weighted by Gasteiger charge is -2.09. The van der Waals surface area contributed by atoms with Gasteiger partial charge in [-0.25, -0.2) is 19.2 Å². The summed E-state index contributed by atoms with van der Waals surface area (Å²) in [6.07, 6.45) is 3.21. The highest BCUT2D eigenvalue weighted by Gasteiger charge is 2.12. The maximum Gasteiger partial charge on any atom is 0.330 e. The minimum absolute atomic E-state index is 0.325. The minimum Gasteiger partial charge on any atom is -0.350 e. The predicted molar refractivity (Wildman–Crippen MR) is 101 cm³/mol. The van der Waals surface area contributed by atoms with Gasteiger partial charge >= 0.3 is 5.69 Å². The SMILES string of the molecule is O=c1[nH]cc(-c2ccnc(NCc3ccccc3)n2)n1-c1ccc(F)cc1. The molecule has 0 bridgehead atoms. The molecular formula is C20H16FN5O. The molecule has 4 aromatic rings. The molecular weight excluding hydrogens is 345 g/mol. The van der Waals surface area contributed by atoms with E-state index in [9.17, 15) is 9.18 Å². The number of rotatable bonds is 5. The van der Waals surface area contributed by atoms with Crippen molar-refractivity contribution in [1.82, 2.24) is 19.5 Å². The van der Waals surface area contributed by atoms with Gasteiger partial charge in [0.15, 0.2) is 0 Å². The summed E-state index contributed by atoms with van der Waals surface area (Å²) in [5.74, 6) is 0.0916. The molecule has 0 saturated carbocycles. The summed E-state index contributed by atoms with van der Waals surface area (Å²) in [4.78, 5) is 23.6. The molecule has 2 aromatic heterocycles. The normalized spacial score (nSPS) is 10.7. The van der Waals surface area contributed by atoms with Gasteiger partial charge in [0, 0.05) is 18.9 Å². The minimum atomic E-state index is -0.363. The van der Waals surface area contributed by atoms with E-state index in [1.54, 1.807) is 30.6 Å². The van der Waals surface area contributed by atoms with Gasteiger partial charge in [-0.3, -0.25) is 4.57 Å². The number of hydrogen-bond acceptors (Lipinski definition) is 4. The Labute approximate surface area is 154 Å². The largest absolute Gasteiger partial charge is 0.350 e. The first-order valence-electron chi connectivity index (χ1n) is 8.38. The Morgan fingerprint density at radius 1 is 1.04 bits per heavy atom. The van der Waals surface area contributed by atoms with E-state index >= 15 is 0 Å². The number of H-pyrrole nitrogens is 1. The molecule has 0 amide bonds. The third-order valence-corrected chi connectivity index (χ3v) is 4.07. The van der Waals surface area contributed by atoms with Crippen LogP contribution in [-0.4, -0.2) is 19.5 Å². The molecule has 0 radical (unpaired) electrons. The number of nitrogens with one attached hydrogen (secondary N) is 2. The molecule has 2 aromatic carbocycles. The predicted octanol–water partition coefficient (Wildman–Crippen LogP) is 3.37. The van der Waals surface area contributed by atoms with Crippen LogP contribution in [0.2, 0.25) is 0 Å². The molecule has 0 fully saturated rings. The van der Waals surface area contributed by atoms with E-state index in [1.165, 1.54) is 16.7 Å². The standard InChI is InChI=1S/C20H16FN5O/c21-15-6-8-16(9-7-15)26-18(13-24-20(26)27)17-10-11-22-19(25-17)23-12-14-4-2-1-3-5-14/h1-11,13H,12H2,(H,24,27)(H,22,23,25). The Bertz CT molecular complexity index is 1100. The average molecular weight is 361 g/mol. The summed E-state index contributed by atoms with van der Waals surface area (Å²) >= 11 is 0. The third-order valence-electron chi connectivity index (χ3n) is 4.07. The van der Waals surface area contributed by atoms with Gasteiger partial charge in [0.1, 0.15) is 5.82 Å². The average Bonchev–Trinajstić information content (AvgIpc) is 3.10. The molecule has 0 spiro atoms. The third kappa shape index (κ3) is 3.62. The van der Waals surface area contributed by atoms with Crippen LogP contribution in [0.5, 0.6) is 0 Å². The van der Waals surface area contributed by atoms with Gasteiger partial charge in [0.2, 0.25) is 5.95 Å². The van der Waals surface area contributed by atoms with E-state index in [0.717, 1.165) is 5.56 Å². The second-order valence-corrected chi connectivity index (χ2v) is 5.90. The maximum atomic E-state index is 13.2. The van der Waals surface area contributed by atoms with Crippen LogP contribution in [0.25, 0.3) is 17.1 Å². The van der Waals surface area contributed by atoms with Crippen LogP contribution < -0.4 is 11.0 Å². The summed E-state index contributed by atoms with van der Waals surface area (Å²) in [7, 11) is 0. The molecule has 4 rings (SSSR count). The van der Waals surface area contributed by atoms with Gasteiger partial charge in [0.05, 0.1) is 17.1 Å².